The molecule has 1 atom stereocenters. The van der Waals surface area contributed by atoms with E-state index in [2.05, 4.69) is 106 Å². The highest BCUT2D eigenvalue weighted by Gasteiger charge is 2.19. The zero-order valence-electron chi connectivity index (χ0n) is 39.7. The van der Waals surface area contributed by atoms with Crippen LogP contribution in [0, 0.1) is 0 Å². The van der Waals surface area contributed by atoms with E-state index in [-0.39, 0.29) is 31.1 Å². The van der Waals surface area contributed by atoms with Crippen molar-refractivity contribution in [2.24, 2.45) is 0 Å². The van der Waals surface area contributed by atoms with E-state index in [1.165, 1.54) is 44.9 Å². The second-order valence-electron chi connectivity index (χ2n) is 16.3. The third-order valence-electron chi connectivity index (χ3n) is 10.4. The van der Waals surface area contributed by atoms with Crippen LogP contribution in [-0.2, 0) is 28.6 Å². The number of hydrogen-bond donors (Lipinski definition) is 0. The molecule has 0 aliphatic carbocycles. The number of ether oxygens (including phenoxy) is 3. The molecular weight excluding hydrogens is 757 g/mol. The molecule has 0 fully saturated rings. The minimum Gasteiger partial charge on any atom is -0.462 e. The first-order valence-corrected chi connectivity index (χ1v) is 25.1. The van der Waals surface area contributed by atoms with Gasteiger partial charge in [0.1, 0.15) is 13.2 Å². The molecule has 0 bridgehead atoms. The minimum atomic E-state index is -0.795. The Hall–Kier alpha value is -3.41. The first kappa shape index (κ1) is 57.6. The van der Waals surface area contributed by atoms with E-state index >= 15 is 0 Å². The van der Waals surface area contributed by atoms with Crippen molar-refractivity contribution in [3.63, 3.8) is 0 Å². The van der Waals surface area contributed by atoms with Gasteiger partial charge >= 0.3 is 17.9 Å². The van der Waals surface area contributed by atoms with Crippen molar-refractivity contribution in [1.82, 2.24) is 0 Å². The van der Waals surface area contributed by atoms with Gasteiger partial charge in [0.05, 0.1) is 0 Å². The van der Waals surface area contributed by atoms with Crippen LogP contribution in [0.2, 0.25) is 0 Å². The van der Waals surface area contributed by atoms with E-state index in [1.54, 1.807) is 0 Å². The number of carbonyl (C=O) groups is 3. The van der Waals surface area contributed by atoms with Crippen LogP contribution >= 0.6 is 0 Å². The van der Waals surface area contributed by atoms with E-state index in [1.807, 2.05) is 0 Å². The fraction of sp³-hybridized carbons (Fsp3) is 0.691. The minimum absolute atomic E-state index is 0.0944. The normalized spacial score (nSPS) is 12.8. The third kappa shape index (κ3) is 47.5. The van der Waals surface area contributed by atoms with Crippen LogP contribution in [0.5, 0.6) is 0 Å². The molecule has 348 valence electrons. The summed E-state index contributed by atoms with van der Waals surface area (Å²) in [6, 6.07) is 0. The fourth-order valence-corrected chi connectivity index (χ4v) is 6.64. The molecule has 0 aliphatic rings. The van der Waals surface area contributed by atoms with Crippen LogP contribution in [-0.4, -0.2) is 37.2 Å². The quantitative estimate of drug-likeness (QED) is 0.0263. The molecule has 0 aromatic carbocycles. The molecule has 0 aliphatic heterocycles. The molecule has 0 radical (unpaired) electrons. The Morgan fingerprint density at radius 2 is 0.639 bits per heavy atom. The summed E-state index contributed by atoms with van der Waals surface area (Å²) < 4.78 is 16.7. The highest BCUT2D eigenvalue weighted by atomic mass is 16.6. The molecule has 0 aromatic rings. The molecule has 0 amide bonds. The maximum absolute atomic E-state index is 12.8. The first-order chi connectivity index (χ1) is 30.0. The van der Waals surface area contributed by atoms with E-state index in [9.17, 15) is 14.4 Å². The van der Waals surface area contributed by atoms with E-state index < -0.39 is 6.10 Å². The van der Waals surface area contributed by atoms with Gasteiger partial charge < -0.3 is 14.2 Å². The van der Waals surface area contributed by atoms with Gasteiger partial charge in [-0.25, -0.2) is 0 Å². The molecule has 0 N–H and O–H groups in total. The molecule has 61 heavy (non-hydrogen) atoms. The Bertz CT molecular complexity index is 1200. The van der Waals surface area contributed by atoms with Gasteiger partial charge in [0.25, 0.3) is 0 Å². The fourth-order valence-electron chi connectivity index (χ4n) is 6.64. The lowest BCUT2D eigenvalue weighted by molar-refractivity contribution is -0.167. The average molecular weight is 849 g/mol. The van der Waals surface area contributed by atoms with Gasteiger partial charge in [-0.15, -0.1) is 0 Å². The summed E-state index contributed by atoms with van der Waals surface area (Å²) in [6.45, 7) is 6.35. The van der Waals surface area contributed by atoms with Crippen molar-refractivity contribution in [3.05, 3.63) is 85.1 Å². The number of allylic oxidation sites excluding steroid dienone is 14. The van der Waals surface area contributed by atoms with Crippen LogP contribution in [0.4, 0.5) is 0 Å². The molecule has 0 spiro atoms. The summed E-state index contributed by atoms with van der Waals surface area (Å²) in [5, 5.41) is 0. The Morgan fingerprint density at radius 1 is 0.344 bits per heavy atom. The Morgan fingerprint density at radius 3 is 1.02 bits per heavy atom. The standard InChI is InChI=1S/C55H92O6/c1-4-7-10-13-16-19-22-25-27-30-33-36-39-42-45-48-54(57)60-51-52(50-59-53(56)47-44-41-38-35-32-29-24-21-18-15-12-9-6-3)61-55(58)49-46-43-40-37-34-31-28-26-23-20-17-14-11-8-5-2/h7-8,10-11,16-17,19-21,24-28,52H,4-6,9,12-15,18,22-23,29-51H2,1-3H3/b10-7-,11-8-,19-16-,20-17-,24-21-,27-25-,28-26-/t52-/m0/s1. The topological polar surface area (TPSA) is 78.9 Å². The Balaban J connectivity index is 4.46. The van der Waals surface area contributed by atoms with Gasteiger partial charge in [-0.3, -0.25) is 14.4 Å². The van der Waals surface area contributed by atoms with E-state index in [0.717, 1.165) is 141 Å². The Kier molecular flexibility index (Phi) is 46.5. The van der Waals surface area contributed by atoms with E-state index in [0.29, 0.717) is 19.3 Å². The lowest BCUT2D eigenvalue weighted by Gasteiger charge is -2.18. The lowest BCUT2D eigenvalue weighted by Crippen LogP contribution is -2.30. The van der Waals surface area contributed by atoms with Gasteiger partial charge in [0.2, 0.25) is 0 Å². The van der Waals surface area contributed by atoms with Crippen molar-refractivity contribution in [1.29, 1.82) is 0 Å². The second kappa shape index (κ2) is 49.2. The molecule has 0 saturated heterocycles. The van der Waals surface area contributed by atoms with Crippen LogP contribution in [0.25, 0.3) is 0 Å². The maximum Gasteiger partial charge on any atom is 0.306 e. The summed E-state index contributed by atoms with van der Waals surface area (Å²) in [6.07, 6.45) is 62.7. The van der Waals surface area contributed by atoms with Gasteiger partial charge in [0.15, 0.2) is 6.10 Å². The summed E-state index contributed by atoms with van der Waals surface area (Å²) in [5.74, 6) is -0.940. The highest BCUT2D eigenvalue weighted by molar-refractivity contribution is 5.71. The number of esters is 3. The van der Waals surface area contributed by atoms with Crippen LogP contribution in [0.15, 0.2) is 85.1 Å². The predicted octanol–water partition coefficient (Wildman–Crippen LogP) is 16.4. The first-order valence-electron chi connectivity index (χ1n) is 25.1. The van der Waals surface area contributed by atoms with E-state index in [4.69, 9.17) is 14.2 Å². The largest absolute Gasteiger partial charge is 0.462 e. The number of carbonyl (C=O) groups excluding carboxylic acids is 3. The second-order valence-corrected chi connectivity index (χ2v) is 16.3. The number of hydrogen-bond acceptors (Lipinski definition) is 6. The molecule has 6 nitrogen and oxygen atoms in total. The summed E-state index contributed by atoms with van der Waals surface area (Å²) in [4.78, 5) is 37.9. The average Bonchev–Trinajstić information content (AvgIpc) is 3.26. The number of unbranched alkanes of at least 4 members (excludes halogenated alkanes) is 19. The summed E-state index contributed by atoms with van der Waals surface area (Å²) >= 11 is 0. The molecule has 0 aromatic heterocycles. The predicted molar refractivity (Wildman–Crippen MR) is 261 cm³/mol. The SMILES string of the molecule is CC/C=C\C/C=C\C/C=C\CCCCCCCC(=O)OC[C@H](COC(=O)CCCCCCC/C=C\CCCCCC)OC(=O)CCCCCCC/C=C\C/C=C\C/C=C\CC. The molecule has 0 saturated carbocycles. The molecule has 6 heteroatoms. The molecule has 0 unspecified atom stereocenters. The van der Waals surface area contributed by atoms with Gasteiger partial charge in [-0.2, -0.15) is 0 Å². The van der Waals surface area contributed by atoms with Crippen molar-refractivity contribution < 1.29 is 28.6 Å². The van der Waals surface area contributed by atoms with Crippen molar-refractivity contribution in [3.8, 4) is 0 Å². The maximum atomic E-state index is 12.8. The Labute approximate surface area is 375 Å². The zero-order valence-corrected chi connectivity index (χ0v) is 39.7. The van der Waals surface area contributed by atoms with Crippen LogP contribution in [0.1, 0.15) is 226 Å². The highest BCUT2D eigenvalue weighted by Crippen LogP contribution is 2.13. The van der Waals surface area contributed by atoms with Gasteiger partial charge in [-0.1, -0.05) is 183 Å². The lowest BCUT2D eigenvalue weighted by atomic mass is 10.1. The summed E-state index contributed by atoms with van der Waals surface area (Å²) in [5.41, 5.74) is 0. The molecular formula is C55H92O6. The van der Waals surface area contributed by atoms with Crippen molar-refractivity contribution >= 4 is 17.9 Å². The molecule has 0 rings (SSSR count). The van der Waals surface area contributed by atoms with Crippen LogP contribution < -0.4 is 0 Å². The third-order valence-corrected chi connectivity index (χ3v) is 10.4. The zero-order chi connectivity index (χ0) is 44.4. The van der Waals surface area contributed by atoms with Crippen molar-refractivity contribution in [2.75, 3.05) is 13.2 Å². The van der Waals surface area contributed by atoms with Crippen LogP contribution in [0.3, 0.4) is 0 Å². The van der Waals surface area contributed by atoms with Gasteiger partial charge in [-0.05, 0) is 109 Å². The van der Waals surface area contributed by atoms with Crippen molar-refractivity contribution in [2.45, 2.75) is 232 Å². The van der Waals surface area contributed by atoms with Gasteiger partial charge in [0, 0.05) is 19.3 Å². The monoisotopic (exact) mass is 849 g/mol. The summed E-state index contributed by atoms with van der Waals surface area (Å²) in [7, 11) is 0. The smallest absolute Gasteiger partial charge is 0.306 e. The number of rotatable bonds is 44. The molecule has 0 heterocycles.